The molecule has 2 aromatic carbocycles. The molecule has 0 aliphatic carbocycles. The molecule has 0 bridgehead atoms. The van der Waals surface area contributed by atoms with Crippen molar-refractivity contribution in [2.45, 2.75) is 33.2 Å². The molecular weight excluding hydrogens is 244 g/mol. The molecule has 102 valence electrons. The first kappa shape index (κ1) is 12.9. The maximum Gasteiger partial charge on any atom is 0.133 e. The van der Waals surface area contributed by atoms with E-state index >= 15 is 0 Å². The Bertz CT molecular complexity index is 766. The number of allylic oxidation sites excluding steroid dienone is 1. The molecule has 0 spiro atoms. The monoisotopic (exact) mass is 264 g/mol. The molecule has 2 heteroatoms. The van der Waals surface area contributed by atoms with E-state index < -0.39 is 0 Å². The summed E-state index contributed by atoms with van der Waals surface area (Å²) in [5.74, 6) is 1.06. The minimum Gasteiger partial charge on any atom is -0.324 e. The van der Waals surface area contributed by atoms with Gasteiger partial charge in [-0.3, -0.25) is 0 Å². The van der Waals surface area contributed by atoms with Crippen LogP contribution in [0.3, 0.4) is 0 Å². The summed E-state index contributed by atoms with van der Waals surface area (Å²) in [6.07, 6.45) is 6.54. The van der Waals surface area contributed by atoms with Crippen molar-refractivity contribution in [3.8, 4) is 0 Å². The topological polar surface area (TPSA) is 17.8 Å². The Morgan fingerprint density at radius 3 is 2.80 bits per heavy atom. The molecule has 3 aromatic rings. The summed E-state index contributed by atoms with van der Waals surface area (Å²) < 4.78 is 2.34. The zero-order valence-electron chi connectivity index (χ0n) is 12.1. The fourth-order valence-electron chi connectivity index (χ4n) is 2.70. The summed E-state index contributed by atoms with van der Waals surface area (Å²) in [4.78, 5) is 4.86. The van der Waals surface area contributed by atoms with Crippen LogP contribution in [-0.2, 0) is 6.54 Å². The van der Waals surface area contributed by atoms with Gasteiger partial charge in [-0.15, -0.1) is 0 Å². The maximum absolute atomic E-state index is 4.86. The number of aryl methyl sites for hydroxylation is 1. The Kier molecular flexibility index (Phi) is 3.55. The third-order valence-electron chi connectivity index (χ3n) is 3.72. The highest BCUT2D eigenvalue weighted by Gasteiger charge is 2.10. The molecule has 20 heavy (non-hydrogen) atoms. The van der Waals surface area contributed by atoms with Gasteiger partial charge in [0.05, 0.1) is 11.0 Å². The highest BCUT2D eigenvalue weighted by molar-refractivity contribution is 6.04. The molecule has 0 atom stereocenters. The second-order valence-corrected chi connectivity index (χ2v) is 5.13. The highest BCUT2D eigenvalue weighted by Crippen LogP contribution is 2.26. The second kappa shape index (κ2) is 5.49. The molecule has 0 amide bonds. The van der Waals surface area contributed by atoms with Crippen LogP contribution in [0.5, 0.6) is 0 Å². The van der Waals surface area contributed by atoms with E-state index in [4.69, 9.17) is 4.98 Å². The molecule has 0 fully saturated rings. The maximum atomic E-state index is 4.86. The number of aromatic nitrogens is 2. The Morgan fingerprint density at radius 1 is 1.15 bits per heavy atom. The number of hydrogen-bond acceptors (Lipinski definition) is 1. The first-order valence-electron chi connectivity index (χ1n) is 7.36. The molecule has 1 aromatic heterocycles. The summed E-state index contributed by atoms with van der Waals surface area (Å²) in [6, 6.07) is 12.9. The molecule has 0 unspecified atom stereocenters. The van der Waals surface area contributed by atoms with Gasteiger partial charge >= 0.3 is 0 Å². The first-order valence-corrected chi connectivity index (χ1v) is 7.36. The molecule has 1 heterocycles. The fraction of sp³-hybridized carbons (Fsp3) is 0.278. The normalized spacial score (nSPS) is 11.9. The van der Waals surface area contributed by atoms with Crippen LogP contribution in [0.25, 0.3) is 27.9 Å². The minimum absolute atomic E-state index is 1.03. The lowest BCUT2D eigenvalue weighted by molar-refractivity contribution is 0.641. The van der Waals surface area contributed by atoms with E-state index in [-0.39, 0.29) is 0 Å². The average Bonchev–Trinajstić information content (AvgIpc) is 2.83. The Morgan fingerprint density at radius 2 is 2.00 bits per heavy atom. The van der Waals surface area contributed by atoms with Gasteiger partial charge in [-0.05, 0) is 30.9 Å². The van der Waals surface area contributed by atoms with Crippen molar-refractivity contribution < 1.29 is 0 Å². The van der Waals surface area contributed by atoms with Crippen LogP contribution in [0.1, 0.15) is 32.5 Å². The third kappa shape index (κ3) is 2.11. The van der Waals surface area contributed by atoms with Crippen LogP contribution in [-0.4, -0.2) is 9.55 Å². The van der Waals surface area contributed by atoms with E-state index in [0.29, 0.717) is 0 Å². The number of unbranched alkanes of at least 4 members (excludes halogenated alkanes) is 1. The number of rotatable bonds is 4. The van der Waals surface area contributed by atoms with Gasteiger partial charge in [-0.2, -0.15) is 0 Å². The van der Waals surface area contributed by atoms with Gasteiger partial charge in [0.25, 0.3) is 0 Å². The zero-order chi connectivity index (χ0) is 13.9. The summed E-state index contributed by atoms with van der Waals surface area (Å²) in [7, 11) is 0. The lowest BCUT2D eigenvalue weighted by Crippen LogP contribution is -2.00. The number of benzene rings is 2. The molecule has 0 saturated heterocycles. The van der Waals surface area contributed by atoms with E-state index in [1.165, 1.54) is 29.1 Å². The lowest BCUT2D eigenvalue weighted by Gasteiger charge is -2.06. The van der Waals surface area contributed by atoms with Crippen LogP contribution >= 0.6 is 0 Å². The van der Waals surface area contributed by atoms with E-state index in [0.717, 1.165) is 17.9 Å². The quantitative estimate of drug-likeness (QED) is 0.646. The molecule has 0 aliphatic heterocycles. The molecule has 3 rings (SSSR count). The average molecular weight is 264 g/mol. The van der Waals surface area contributed by atoms with Gasteiger partial charge < -0.3 is 4.57 Å². The van der Waals surface area contributed by atoms with Crippen molar-refractivity contribution in [3.63, 3.8) is 0 Å². The van der Waals surface area contributed by atoms with Crippen LogP contribution in [0.15, 0.2) is 42.5 Å². The molecule has 2 nitrogen and oxygen atoms in total. The number of hydrogen-bond donors (Lipinski definition) is 0. The van der Waals surface area contributed by atoms with E-state index in [1.807, 2.05) is 6.92 Å². The van der Waals surface area contributed by atoms with Gasteiger partial charge in [0.15, 0.2) is 0 Å². The number of fused-ring (bicyclic) bond motifs is 3. The van der Waals surface area contributed by atoms with Crippen LogP contribution in [0, 0.1) is 0 Å². The summed E-state index contributed by atoms with van der Waals surface area (Å²) in [5, 5.41) is 2.50. The van der Waals surface area contributed by atoms with E-state index in [1.54, 1.807) is 0 Å². The van der Waals surface area contributed by atoms with Gasteiger partial charge in [0, 0.05) is 11.9 Å². The largest absolute Gasteiger partial charge is 0.324 e. The van der Waals surface area contributed by atoms with Gasteiger partial charge in [-0.1, -0.05) is 49.8 Å². The molecular formula is C18H20N2. The number of nitrogens with zero attached hydrogens (tertiary/aromatic N) is 2. The zero-order valence-corrected chi connectivity index (χ0v) is 12.1. The summed E-state index contributed by atoms with van der Waals surface area (Å²) in [6.45, 7) is 5.30. The standard InChI is InChI=1S/C18H20N2/c1-3-5-13-20-16-12-11-14-9-6-7-10-15(14)18(16)19-17(20)8-4-2/h4,6-12H,3,5,13H2,1-2H3/b8-4-. The Labute approximate surface area is 119 Å². The van der Waals surface area contributed by atoms with Gasteiger partial charge in [-0.25, -0.2) is 4.98 Å². The van der Waals surface area contributed by atoms with E-state index in [9.17, 15) is 0 Å². The first-order chi connectivity index (χ1) is 9.85. The third-order valence-corrected chi connectivity index (χ3v) is 3.72. The summed E-state index contributed by atoms with van der Waals surface area (Å²) >= 11 is 0. The molecule has 0 saturated carbocycles. The van der Waals surface area contributed by atoms with Crippen LogP contribution in [0.2, 0.25) is 0 Å². The van der Waals surface area contributed by atoms with Crippen LogP contribution < -0.4 is 0 Å². The smallest absolute Gasteiger partial charge is 0.133 e. The van der Waals surface area contributed by atoms with Gasteiger partial charge in [0.2, 0.25) is 0 Å². The van der Waals surface area contributed by atoms with Crippen molar-refractivity contribution in [1.82, 2.24) is 9.55 Å². The summed E-state index contributed by atoms with van der Waals surface area (Å²) in [5.41, 5.74) is 2.36. The Balaban J connectivity index is 2.29. The molecule has 0 N–H and O–H groups in total. The second-order valence-electron chi connectivity index (χ2n) is 5.13. The van der Waals surface area contributed by atoms with Gasteiger partial charge in [0.1, 0.15) is 5.82 Å². The Hall–Kier alpha value is -2.09. The van der Waals surface area contributed by atoms with Crippen molar-refractivity contribution in [3.05, 3.63) is 48.3 Å². The SMILES string of the molecule is C/C=C\c1nc2c3ccccc3ccc2n1CCCC. The van der Waals surface area contributed by atoms with Crippen molar-refractivity contribution in [2.24, 2.45) is 0 Å². The highest BCUT2D eigenvalue weighted by atomic mass is 15.1. The fourth-order valence-corrected chi connectivity index (χ4v) is 2.70. The van der Waals surface area contributed by atoms with Crippen molar-refractivity contribution in [2.75, 3.05) is 0 Å². The van der Waals surface area contributed by atoms with Crippen molar-refractivity contribution in [1.29, 1.82) is 0 Å². The van der Waals surface area contributed by atoms with Crippen molar-refractivity contribution >= 4 is 27.9 Å². The number of imidazole rings is 1. The van der Waals surface area contributed by atoms with Crippen LogP contribution in [0.4, 0.5) is 0 Å². The molecule has 0 aliphatic rings. The molecule has 0 radical (unpaired) electrons. The predicted molar refractivity (Wildman–Crippen MR) is 86.9 cm³/mol. The van der Waals surface area contributed by atoms with E-state index in [2.05, 4.69) is 60.0 Å². The minimum atomic E-state index is 1.03. The predicted octanol–water partition coefficient (Wildman–Crippen LogP) is 5.02. The lowest BCUT2D eigenvalue weighted by atomic mass is 10.1.